The third kappa shape index (κ3) is 7.78. The van der Waals surface area contributed by atoms with Crippen molar-refractivity contribution in [3.63, 3.8) is 0 Å². The number of piperidine rings is 2. The van der Waals surface area contributed by atoms with Crippen molar-refractivity contribution in [3.8, 4) is 11.8 Å². The van der Waals surface area contributed by atoms with Gasteiger partial charge in [0.25, 0.3) is 17.4 Å². The molecule has 314 valence electrons. The number of nitriles is 1. The third-order valence-corrected chi connectivity index (χ3v) is 13.3. The van der Waals surface area contributed by atoms with Gasteiger partial charge < -0.3 is 19.9 Å². The lowest BCUT2D eigenvalue weighted by molar-refractivity contribution is -0.164. The first-order chi connectivity index (χ1) is 28.6. The fourth-order valence-corrected chi connectivity index (χ4v) is 10.2. The highest BCUT2D eigenvalue weighted by atomic mass is 35.5. The van der Waals surface area contributed by atoms with E-state index in [4.69, 9.17) is 16.3 Å². The van der Waals surface area contributed by atoms with Crippen LogP contribution in [0, 0.1) is 33.9 Å². The quantitative estimate of drug-likeness (QED) is 0.216. The molecule has 2 aromatic carbocycles. The number of benzene rings is 2. The molecule has 2 aromatic heterocycles. The van der Waals surface area contributed by atoms with E-state index >= 15 is 4.39 Å². The molecule has 3 aliphatic heterocycles. The molecule has 2 N–H and O–H groups in total. The highest BCUT2D eigenvalue weighted by Gasteiger charge is 2.64. The number of nitrogens with one attached hydrogen (secondary N) is 2. The smallest absolute Gasteiger partial charge is 0.275 e. The van der Waals surface area contributed by atoms with Crippen LogP contribution in [0.1, 0.15) is 75.3 Å². The molecule has 1 saturated carbocycles. The number of hydrogen-bond donors (Lipinski definition) is 2. The summed E-state index contributed by atoms with van der Waals surface area (Å²) in [5, 5.41) is 20.4. The van der Waals surface area contributed by atoms with Crippen molar-refractivity contribution in [2.24, 2.45) is 16.7 Å². The Morgan fingerprint density at radius 1 is 0.967 bits per heavy atom. The van der Waals surface area contributed by atoms with Crippen LogP contribution >= 0.6 is 11.6 Å². The number of halogens is 2. The second kappa shape index (κ2) is 16.1. The summed E-state index contributed by atoms with van der Waals surface area (Å²) in [5.74, 6) is -0.488. The van der Waals surface area contributed by atoms with Gasteiger partial charge in [-0.1, -0.05) is 39.3 Å². The van der Waals surface area contributed by atoms with Crippen molar-refractivity contribution in [2.45, 2.75) is 71.6 Å². The van der Waals surface area contributed by atoms with Crippen LogP contribution in [0.25, 0.3) is 10.8 Å². The molecule has 16 heteroatoms. The monoisotopic (exact) mass is 837 g/mol. The molecule has 4 fully saturated rings. The van der Waals surface area contributed by atoms with E-state index in [0.29, 0.717) is 46.1 Å². The Kier molecular flexibility index (Phi) is 11.1. The Balaban J connectivity index is 0.808. The normalized spacial score (nSPS) is 23.1. The predicted molar refractivity (Wildman–Crippen MR) is 225 cm³/mol. The summed E-state index contributed by atoms with van der Waals surface area (Å²) in [5.41, 5.74) is 0.262. The van der Waals surface area contributed by atoms with E-state index < -0.39 is 34.5 Å². The molecular formula is C44H49ClFN9O5. The van der Waals surface area contributed by atoms with Gasteiger partial charge in [0.15, 0.2) is 11.6 Å². The summed E-state index contributed by atoms with van der Waals surface area (Å²) in [6.45, 7) is 13.8. The molecule has 1 aliphatic carbocycles. The molecular weight excluding hydrogens is 789 g/mol. The minimum atomic E-state index is -0.802. The topological polar surface area (TPSA) is 166 Å². The molecule has 60 heavy (non-hydrogen) atoms. The number of imide groups is 1. The SMILES string of the molecule is CC1(C)C(NC(=O)c2cnc(N3CCC(CN4CCN(c5ccc6c(=O)n([C@@H]7CCC(=O)NC7=O)ncc6c5)CC4)CC3)c(F)c2)C(C)(C)C1Oc1ccc(C#N)c(Cl)c1. The maximum atomic E-state index is 15.6. The lowest BCUT2D eigenvalue weighted by Gasteiger charge is -2.63. The van der Waals surface area contributed by atoms with E-state index in [1.807, 2.05) is 50.8 Å². The minimum absolute atomic E-state index is 0.161. The van der Waals surface area contributed by atoms with Crippen LogP contribution in [-0.2, 0) is 9.59 Å². The Bertz CT molecular complexity index is 2440. The molecule has 0 unspecified atom stereocenters. The van der Waals surface area contributed by atoms with Crippen molar-refractivity contribution in [1.82, 2.24) is 30.3 Å². The number of fused-ring (bicyclic) bond motifs is 1. The van der Waals surface area contributed by atoms with Crippen LogP contribution in [0.2, 0.25) is 5.02 Å². The van der Waals surface area contributed by atoms with E-state index in [1.54, 1.807) is 30.5 Å². The number of hydrogen-bond acceptors (Lipinski definition) is 11. The number of piperazine rings is 1. The molecule has 0 spiro atoms. The minimum Gasteiger partial charge on any atom is -0.489 e. The van der Waals surface area contributed by atoms with Gasteiger partial charge in [0.1, 0.15) is 24.0 Å². The lowest BCUT2D eigenvalue weighted by Crippen LogP contribution is -2.74. The maximum Gasteiger partial charge on any atom is 0.275 e. The number of nitrogens with zero attached hydrogens (tertiary/aromatic N) is 7. The molecule has 14 nitrogen and oxygen atoms in total. The largest absolute Gasteiger partial charge is 0.489 e. The van der Waals surface area contributed by atoms with Gasteiger partial charge >= 0.3 is 0 Å². The number of carbonyl (C=O) groups is 3. The third-order valence-electron chi connectivity index (χ3n) is 13.0. The lowest BCUT2D eigenvalue weighted by atomic mass is 9.49. The van der Waals surface area contributed by atoms with Gasteiger partial charge in [-0.15, -0.1) is 0 Å². The van der Waals surface area contributed by atoms with Crippen molar-refractivity contribution in [3.05, 3.63) is 87.2 Å². The first-order valence-electron chi connectivity index (χ1n) is 20.5. The zero-order chi connectivity index (χ0) is 42.5. The van der Waals surface area contributed by atoms with Gasteiger partial charge in [0, 0.05) is 92.4 Å². The number of aromatic nitrogens is 3. The molecule has 1 atom stereocenters. The number of pyridine rings is 1. The zero-order valence-corrected chi connectivity index (χ0v) is 35.0. The number of anilines is 2. The van der Waals surface area contributed by atoms with Crippen LogP contribution in [-0.4, -0.2) is 95.3 Å². The number of amides is 3. The maximum absolute atomic E-state index is 15.6. The first kappa shape index (κ1) is 41.2. The van der Waals surface area contributed by atoms with Crippen molar-refractivity contribution < 1.29 is 23.5 Å². The second-order valence-corrected chi connectivity index (χ2v) is 18.1. The number of rotatable bonds is 9. The summed E-state index contributed by atoms with van der Waals surface area (Å²) in [6, 6.07) is 12.9. The van der Waals surface area contributed by atoms with Crippen LogP contribution in [0.4, 0.5) is 15.9 Å². The van der Waals surface area contributed by atoms with E-state index in [0.717, 1.165) is 51.3 Å². The van der Waals surface area contributed by atoms with Gasteiger partial charge in [0.2, 0.25) is 5.91 Å². The van der Waals surface area contributed by atoms with Gasteiger partial charge in [-0.3, -0.25) is 29.4 Å². The van der Waals surface area contributed by atoms with E-state index in [1.165, 1.54) is 16.9 Å². The Morgan fingerprint density at radius 3 is 2.37 bits per heavy atom. The van der Waals surface area contributed by atoms with Crippen molar-refractivity contribution >= 4 is 51.6 Å². The Morgan fingerprint density at radius 2 is 1.70 bits per heavy atom. The standard InChI is InChI=1S/C44H49ClFN9O5/c1-43(2)41(44(3,4)42(43)60-31-7-5-27(22-47)33(45)21-31)51-38(57)29-20-34(46)37(48-23-29)54-13-11-26(12-14-54)25-52-15-17-53(18-16-52)30-6-8-32-28(19-30)24-49-55(40(32)59)35-9-10-36(56)50-39(35)58/h5-8,19-21,23-24,26,35,41-42H,9-18,25H2,1-4H3,(H,51,57)(H,50,56,58)/t35-,41?,42?/m1/s1. The number of carbonyl (C=O) groups excluding carboxylic acids is 3. The predicted octanol–water partition coefficient (Wildman–Crippen LogP) is 5.08. The van der Waals surface area contributed by atoms with E-state index in [9.17, 15) is 24.4 Å². The fourth-order valence-electron chi connectivity index (χ4n) is 9.97. The van der Waals surface area contributed by atoms with Gasteiger partial charge in [-0.05, 0) is 61.6 Å². The highest BCUT2D eigenvalue weighted by Crippen LogP contribution is 2.55. The summed E-state index contributed by atoms with van der Waals surface area (Å²) < 4.78 is 23.1. The van der Waals surface area contributed by atoms with Gasteiger partial charge in [-0.2, -0.15) is 10.4 Å². The Hall–Kier alpha value is -5.59. The molecule has 5 heterocycles. The molecule has 4 aromatic rings. The summed E-state index contributed by atoms with van der Waals surface area (Å²) >= 11 is 6.23. The molecule has 3 saturated heterocycles. The van der Waals surface area contributed by atoms with Gasteiger partial charge in [0.05, 0.1) is 27.7 Å². The summed E-state index contributed by atoms with van der Waals surface area (Å²) in [4.78, 5) is 61.8. The highest BCUT2D eigenvalue weighted by molar-refractivity contribution is 6.31. The first-order valence-corrected chi connectivity index (χ1v) is 20.9. The van der Waals surface area contributed by atoms with Gasteiger partial charge in [-0.25, -0.2) is 14.1 Å². The molecule has 4 aliphatic rings. The zero-order valence-electron chi connectivity index (χ0n) is 34.2. The Labute approximate surface area is 352 Å². The van der Waals surface area contributed by atoms with E-state index in [2.05, 4.69) is 30.5 Å². The molecule has 0 bridgehead atoms. The summed E-state index contributed by atoms with van der Waals surface area (Å²) in [6.07, 6.45) is 5.02. The number of ether oxygens (including phenoxy) is 1. The molecule has 0 radical (unpaired) electrons. The fraction of sp³-hybridized carbons (Fsp3) is 0.477. The van der Waals surface area contributed by atoms with Crippen LogP contribution in [0.5, 0.6) is 5.75 Å². The molecule has 3 amide bonds. The molecule has 8 rings (SSSR count). The van der Waals surface area contributed by atoms with Crippen LogP contribution < -0.4 is 30.7 Å². The average Bonchev–Trinajstić information content (AvgIpc) is 3.22. The summed E-state index contributed by atoms with van der Waals surface area (Å²) in [7, 11) is 0. The van der Waals surface area contributed by atoms with Crippen LogP contribution in [0.3, 0.4) is 0 Å². The van der Waals surface area contributed by atoms with Crippen molar-refractivity contribution in [2.75, 3.05) is 55.6 Å². The van der Waals surface area contributed by atoms with Crippen LogP contribution in [0.15, 0.2) is 59.7 Å². The second-order valence-electron chi connectivity index (χ2n) is 17.7. The average molecular weight is 838 g/mol. The van der Waals surface area contributed by atoms with E-state index in [-0.39, 0.29) is 47.8 Å². The van der Waals surface area contributed by atoms with Crippen molar-refractivity contribution in [1.29, 1.82) is 5.26 Å².